The van der Waals surface area contributed by atoms with Crippen LogP contribution >= 0.6 is 0 Å². The Kier molecular flexibility index (Phi) is 2.68. The van der Waals surface area contributed by atoms with Gasteiger partial charge in [-0.2, -0.15) is 5.10 Å². The van der Waals surface area contributed by atoms with Crippen molar-refractivity contribution in [2.24, 2.45) is 0 Å². The van der Waals surface area contributed by atoms with E-state index in [2.05, 4.69) is 15.0 Å². The van der Waals surface area contributed by atoms with E-state index < -0.39 is 0 Å². The number of aromatic nitrogens is 3. The van der Waals surface area contributed by atoms with E-state index in [4.69, 9.17) is 0 Å². The van der Waals surface area contributed by atoms with Crippen molar-refractivity contribution in [2.45, 2.75) is 25.3 Å². The van der Waals surface area contributed by atoms with Crippen LogP contribution in [0.15, 0.2) is 24.5 Å². The molecular weight excluding hydrogens is 216 g/mol. The van der Waals surface area contributed by atoms with Gasteiger partial charge in [-0.15, -0.1) is 0 Å². The van der Waals surface area contributed by atoms with E-state index in [1.165, 1.54) is 12.8 Å². The number of aliphatic hydroxyl groups excluding tert-OH is 1. The second kappa shape index (κ2) is 4.33. The molecule has 0 aliphatic carbocycles. The Labute approximate surface area is 99.7 Å². The number of nitrogens with zero attached hydrogens (tertiary/aromatic N) is 4. The summed E-state index contributed by atoms with van der Waals surface area (Å²) >= 11 is 0. The first-order valence-corrected chi connectivity index (χ1v) is 6.06. The summed E-state index contributed by atoms with van der Waals surface area (Å²) in [7, 11) is 0. The number of fused-ring (bicyclic) bond motifs is 1. The third kappa shape index (κ3) is 1.86. The molecule has 0 radical (unpaired) electrons. The minimum Gasteiger partial charge on any atom is -0.394 e. The van der Waals surface area contributed by atoms with Crippen LogP contribution in [0.3, 0.4) is 0 Å². The van der Waals surface area contributed by atoms with Crippen LogP contribution in [-0.4, -0.2) is 38.9 Å². The summed E-state index contributed by atoms with van der Waals surface area (Å²) in [6.07, 6.45) is 7.06. The molecule has 17 heavy (non-hydrogen) atoms. The molecule has 3 rings (SSSR count). The molecule has 1 saturated heterocycles. The highest BCUT2D eigenvalue weighted by Crippen LogP contribution is 2.23. The molecule has 5 heteroatoms. The highest BCUT2D eigenvalue weighted by Gasteiger charge is 2.22. The fourth-order valence-electron chi connectivity index (χ4n) is 2.45. The molecule has 2 aromatic heterocycles. The number of aliphatic hydroxyl groups is 1. The Morgan fingerprint density at radius 1 is 1.35 bits per heavy atom. The fourth-order valence-corrected chi connectivity index (χ4v) is 2.45. The highest BCUT2D eigenvalue weighted by atomic mass is 16.3. The molecule has 0 bridgehead atoms. The molecule has 3 heterocycles. The summed E-state index contributed by atoms with van der Waals surface area (Å²) in [5, 5.41) is 13.5. The van der Waals surface area contributed by atoms with E-state index in [0.29, 0.717) is 0 Å². The van der Waals surface area contributed by atoms with Crippen LogP contribution in [0.5, 0.6) is 0 Å². The van der Waals surface area contributed by atoms with E-state index in [1.54, 1.807) is 10.7 Å². The summed E-state index contributed by atoms with van der Waals surface area (Å²) in [5.74, 6) is 0.941. The summed E-state index contributed by atoms with van der Waals surface area (Å²) in [6, 6.07) is 4.07. The van der Waals surface area contributed by atoms with Crippen molar-refractivity contribution in [1.82, 2.24) is 14.6 Å². The van der Waals surface area contributed by atoms with Gasteiger partial charge in [-0.05, 0) is 25.3 Å². The van der Waals surface area contributed by atoms with Crippen molar-refractivity contribution in [1.29, 1.82) is 0 Å². The van der Waals surface area contributed by atoms with Crippen molar-refractivity contribution in [3.63, 3.8) is 0 Å². The van der Waals surface area contributed by atoms with Crippen LogP contribution in [0, 0.1) is 0 Å². The van der Waals surface area contributed by atoms with Gasteiger partial charge in [0.2, 0.25) is 0 Å². The zero-order chi connectivity index (χ0) is 11.7. The lowest BCUT2D eigenvalue weighted by Crippen LogP contribution is -2.42. The molecule has 5 nitrogen and oxygen atoms in total. The Morgan fingerprint density at radius 2 is 2.29 bits per heavy atom. The molecule has 1 unspecified atom stereocenters. The fraction of sp³-hybridized carbons (Fsp3) is 0.500. The van der Waals surface area contributed by atoms with E-state index >= 15 is 0 Å². The second-order valence-corrected chi connectivity index (χ2v) is 4.45. The summed E-state index contributed by atoms with van der Waals surface area (Å²) in [6.45, 7) is 1.18. The van der Waals surface area contributed by atoms with Gasteiger partial charge in [-0.25, -0.2) is 9.50 Å². The average molecular weight is 232 g/mol. The third-order valence-electron chi connectivity index (χ3n) is 3.38. The van der Waals surface area contributed by atoms with Crippen LogP contribution in [-0.2, 0) is 0 Å². The standard InChI is InChI=1S/C12H16N4O/c17-9-10-3-1-2-7-15(10)11-5-8-16-12(14-11)4-6-13-16/h4-6,8,10,17H,1-3,7,9H2. The van der Waals surface area contributed by atoms with Gasteiger partial charge in [0.25, 0.3) is 0 Å². The maximum Gasteiger partial charge on any atom is 0.157 e. The van der Waals surface area contributed by atoms with Crippen LogP contribution < -0.4 is 4.90 Å². The number of rotatable bonds is 2. The van der Waals surface area contributed by atoms with Crippen molar-refractivity contribution >= 4 is 11.5 Å². The number of anilines is 1. The van der Waals surface area contributed by atoms with Crippen molar-refractivity contribution in [2.75, 3.05) is 18.1 Å². The lowest BCUT2D eigenvalue weighted by atomic mass is 10.0. The predicted octanol–water partition coefficient (Wildman–Crippen LogP) is 1.08. The average Bonchev–Trinajstić information content (AvgIpc) is 2.85. The largest absolute Gasteiger partial charge is 0.394 e. The van der Waals surface area contributed by atoms with Gasteiger partial charge in [0.05, 0.1) is 18.8 Å². The van der Waals surface area contributed by atoms with Crippen molar-refractivity contribution < 1.29 is 5.11 Å². The normalized spacial score (nSPS) is 21.0. The first-order valence-electron chi connectivity index (χ1n) is 6.06. The first-order chi connectivity index (χ1) is 8.38. The summed E-state index contributed by atoms with van der Waals surface area (Å²) in [4.78, 5) is 6.78. The van der Waals surface area contributed by atoms with Gasteiger partial charge in [-0.1, -0.05) is 0 Å². The lowest BCUT2D eigenvalue weighted by Gasteiger charge is -2.35. The topological polar surface area (TPSA) is 53.7 Å². The molecule has 1 aliphatic rings. The van der Waals surface area contributed by atoms with E-state index in [0.717, 1.165) is 24.4 Å². The molecule has 0 amide bonds. The minimum absolute atomic E-state index is 0.201. The first kappa shape index (κ1) is 10.5. The van der Waals surface area contributed by atoms with Crippen molar-refractivity contribution in [3.05, 3.63) is 24.5 Å². The molecule has 1 fully saturated rings. The molecule has 0 saturated carbocycles. The van der Waals surface area contributed by atoms with E-state index in [-0.39, 0.29) is 12.6 Å². The SMILES string of the molecule is OCC1CCCCN1c1ccn2nccc2n1. The predicted molar refractivity (Wildman–Crippen MR) is 65.1 cm³/mol. The van der Waals surface area contributed by atoms with Gasteiger partial charge < -0.3 is 10.0 Å². The molecule has 1 atom stereocenters. The number of hydrogen-bond acceptors (Lipinski definition) is 4. The molecule has 1 N–H and O–H groups in total. The molecule has 0 spiro atoms. The van der Waals surface area contributed by atoms with Crippen LogP contribution in [0.25, 0.3) is 5.65 Å². The lowest BCUT2D eigenvalue weighted by molar-refractivity contribution is 0.239. The molecule has 90 valence electrons. The second-order valence-electron chi connectivity index (χ2n) is 4.45. The molecule has 0 aromatic carbocycles. The highest BCUT2D eigenvalue weighted by molar-refractivity contribution is 5.48. The number of piperidine rings is 1. The zero-order valence-corrected chi connectivity index (χ0v) is 9.66. The van der Waals surface area contributed by atoms with Gasteiger partial charge in [0.1, 0.15) is 5.82 Å². The van der Waals surface area contributed by atoms with Gasteiger partial charge in [0.15, 0.2) is 5.65 Å². The maximum absolute atomic E-state index is 9.41. The van der Waals surface area contributed by atoms with Crippen molar-refractivity contribution in [3.8, 4) is 0 Å². The summed E-state index contributed by atoms with van der Waals surface area (Å²) in [5.41, 5.74) is 0.852. The van der Waals surface area contributed by atoms with Gasteiger partial charge in [0, 0.05) is 18.8 Å². The molecule has 2 aromatic rings. The smallest absolute Gasteiger partial charge is 0.157 e. The monoisotopic (exact) mass is 232 g/mol. The summed E-state index contributed by atoms with van der Waals surface area (Å²) < 4.78 is 1.75. The van der Waals surface area contributed by atoms with Gasteiger partial charge in [-0.3, -0.25) is 0 Å². The van der Waals surface area contributed by atoms with Crippen LogP contribution in [0.2, 0.25) is 0 Å². The Morgan fingerprint density at radius 3 is 3.18 bits per heavy atom. The number of hydrogen-bond donors (Lipinski definition) is 1. The maximum atomic E-state index is 9.41. The Bertz CT molecular complexity index is 510. The zero-order valence-electron chi connectivity index (χ0n) is 9.66. The Hall–Kier alpha value is -1.62. The van der Waals surface area contributed by atoms with Gasteiger partial charge >= 0.3 is 0 Å². The minimum atomic E-state index is 0.201. The third-order valence-corrected chi connectivity index (χ3v) is 3.38. The molecular formula is C12H16N4O. The van der Waals surface area contributed by atoms with E-state index in [1.807, 2.05) is 18.3 Å². The van der Waals surface area contributed by atoms with Crippen LogP contribution in [0.1, 0.15) is 19.3 Å². The van der Waals surface area contributed by atoms with E-state index in [9.17, 15) is 5.11 Å². The van der Waals surface area contributed by atoms with Crippen LogP contribution in [0.4, 0.5) is 5.82 Å². The molecule has 1 aliphatic heterocycles. The quantitative estimate of drug-likeness (QED) is 0.842. The Balaban J connectivity index is 1.95.